The van der Waals surface area contributed by atoms with Crippen molar-refractivity contribution in [2.75, 3.05) is 18.1 Å². The van der Waals surface area contributed by atoms with Crippen LogP contribution in [0.25, 0.3) is 0 Å². The third-order valence-electron chi connectivity index (χ3n) is 5.11. The molecule has 1 saturated carbocycles. The maximum Gasteiger partial charge on any atom is 0.267 e. The highest BCUT2D eigenvalue weighted by molar-refractivity contribution is 6.00. The summed E-state index contributed by atoms with van der Waals surface area (Å²) in [5, 5.41) is 12.2. The summed E-state index contributed by atoms with van der Waals surface area (Å²) in [6, 6.07) is 7.59. The lowest BCUT2D eigenvalue weighted by Gasteiger charge is -2.33. The summed E-state index contributed by atoms with van der Waals surface area (Å²) in [5.41, 5.74) is 0.724. The van der Waals surface area contributed by atoms with Crippen molar-refractivity contribution in [1.29, 1.82) is 0 Å². The number of carbonyl (C=O) groups excluding carboxylic acids is 2. The normalized spacial score (nSPS) is 25.9. The van der Waals surface area contributed by atoms with Crippen LogP contribution in [0.2, 0.25) is 0 Å². The monoisotopic (exact) mass is 346 g/mol. The van der Waals surface area contributed by atoms with Crippen LogP contribution >= 0.6 is 0 Å². The minimum atomic E-state index is -0.535. The number of nitrogens with zero attached hydrogens (tertiary/aromatic N) is 1. The first-order chi connectivity index (χ1) is 12.1. The molecule has 1 aromatic rings. The fourth-order valence-electron chi connectivity index (χ4n) is 3.59. The Bertz CT molecular complexity index is 626. The van der Waals surface area contributed by atoms with Crippen molar-refractivity contribution in [1.82, 2.24) is 5.32 Å². The maximum atomic E-state index is 12.4. The molecule has 3 rings (SSSR count). The van der Waals surface area contributed by atoms with Crippen LogP contribution < -0.4 is 15.0 Å². The molecule has 2 amide bonds. The zero-order valence-corrected chi connectivity index (χ0v) is 14.6. The molecule has 0 spiro atoms. The van der Waals surface area contributed by atoms with E-state index in [0.29, 0.717) is 18.2 Å². The van der Waals surface area contributed by atoms with Crippen molar-refractivity contribution >= 4 is 17.5 Å². The van der Waals surface area contributed by atoms with Crippen molar-refractivity contribution in [3.8, 4) is 5.75 Å². The number of benzene rings is 1. The van der Waals surface area contributed by atoms with E-state index in [1.54, 1.807) is 11.8 Å². The van der Waals surface area contributed by atoms with E-state index in [9.17, 15) is 14.7 Å². The molecule has 1 aromatic carbocycles. The van der Waals surface area contributed by atoms with Crippen molar-refractivity contribution in [2.24, 2.45) is 5.92 Å². The summed E-state index contributed by atoms with van der Waals surface area (Å²) >= 11 is 0. The summed E-state index contributed by atoms with van der Waals surface area (Å²) in [6.07, 6.45) is 3.46. The number of anilines is 1. The molecule has 0 radical (unpaired) electrons. The fourth-order valence-corrected chi connectivity index (χ4v) is 3.59. The molecule has 2 aliphatic rings. The minimum absolute atomic E-state index is 0.0307. The number of aliphatic hydroxyl groups is 1. The second kappa shape index (κ2) is 7.87. The highest BCUT2D eigenvalue weighted by atomic mass is 16.5. The Morgan fingerprint density at radius 2 is 2.00 bits per heavy atom. The van der Waals surface area contributed by atoms with Crippen LogP contribution in [0.5, 0.6) is 5.75 Å². The number of hydrogen-bond acceptors (Lipinski definition) is 4. The first-order valence-corrected chi connectivity index (χ1v) is 9.05. The molecule has 0 bridgehead atoms. The Morgan fingerprint density at radius 1 is 1.28 bits per heavy atom. The molecule has 1 aliphatic heterocycles. The molecular formula is C19H26N2O4. The Balaban J connectivity index is 1.54. The van der Waals surface area contributed by atoms with E-state index in [2.05, 4.69) is 5.32 Å². The van der Waals surface area contributed by atoms with Gasteiger partial charge in [-0.1, -0.05) is 12.1 Å². The Kier molecular flexibility index (Phi) is 5.58. The van der Waals surface area contributed by atoms with Gasteiger partial charge in [-0.2, -0.15) is 0 Å². The maximum absolute atomic E-state index is 12.4. The van der Waals surface area contributed by atoms with E-state index >= 15 is 0 Å². The number of fused-ring (bicyclic) bond motifs is 1. The quantitative estimate of drug-likeness (QED) is 0.853. The van der Waals surface area contributed by atoms with Gasteiger partial charge in [0.25, 0.3) is 5.91 Å². The SMILES string of the molecule is C[C@@H]1Oc2ccccc2N(CCC(=O)NC2CCC(CO)CC2)C1=O. The van der Waals surface area contributed by atoms with Gasteiger partial charge in [0.15, 0.2) is 6.10 Å². The molecule has 1 fully saturated rings. The molecule has 25 heavy (non-hydrogen) atoms. The van der Waals surface area contributed by atoms with Gasteiger partial charge in [-0.3, -0.25) is 9.59 Å². The highest BCUT2D eigenvalue weighted by Crippen LogP contribution is 2.33. The fraction of sp³-hybridized carbons (Fsp3) is 0.579. The van der Waals surface area contributed by atoms with Crippen LogP contribution in [0.4, 0.5) is 5.69 Å². The number of amides is 2. The van der Waals surface area contributed by atoms with Crippen LogP contribution in [-0.2, 0) is 9.59 Å². The Hall–Kier alpha value is -2.08. The van der Waals surface area contributed by atoms with Crippen molar-refractivity contribution < 1.29 is 19.4 Å². The summed E-state index contributed by atoms with van der Waals surface area (Å²) in [6.45, 7) is 2.31. The average molecular weight is 346 g/mol. The largest absolute Gasteiger partial charge is 0.479 e. The van der Waals surface area contributed by atoms with Crippen LogP contribution in [-0.4, -0.2) is 42.2 Å². The molecule has 1 heterocycles. The second-order valence-electron chi connectivity index (χ2n) is 6.94. The van der Waals surface area contributed by atoms with Gasteiger partial charge < -0.3 is 20.1 Å². The van der Waals surface area contributed by atoms with E-state index in [-0.39, 0.29) is 30.9 Å². The molecule has 136 valence electrons. The van der Waals surface area contributed by atoms with Crippen LogP contribution in [0.1, 0.15) is 39.0 Å². The summed E-state index contributed by atoms with van der Waals surface area (Å²) in [4.78, 5) is 26.3. The molecule has 0 aromatic heterocycles. The first kappa shape index (κ1) is 17.7. The van der Waals surface area contributed by atoms with Crippen molar-refractivity contribution in [3.05, 3.63) is 24.3 Å². The molecule has 2 N–H and O–H groups in total. The predicted octanol–water partition coefficient (Wildman–Crippen LogP) is 1.86. The zero-order chi connectivity index (χ0) is 17.8. The molecule has 6 nitrogen and oxygen atoms in total. The minimum Gasteiger partial charge on any atom is -0.479 e. The number of aliphatic hydroxyl groups excluding tert-OH is 1. The van der Waals surface area contributed by atoms with Crippen LogP contribution in [0.3, 0.4) is 0 Å². The first-order valence-electron chi connectivity index (χ1n) is 9.05. The van der Waals surface area contributed by atoms with E-state index in [4.69, 9.17) is 4.74 Å². The standard InChI is InChI=1S/C19H26N2O4/c1-13-19(24)21(16-4-2-3-5-17(16)25-13)11-10-18(23)20-15-8-6-14(12-22)7-9-15/h2-5,13-15,22H,6-12H2,1H3,(H,20,23)/t13-,14?,15?/m0/s1. The van der Waals surface area contributed by atoms with Gasteiger partial charge in [-0.25, -0.2) is 0 Å². The lowest BCUT2D eigenvalue weighted by atomic mass is 9.86. The smallest absolute Gasteiger partial charge is 0.267 e. The summed E-state index contributed by atoms with van der Waals surface area (Å²) in [5.74, 6) is 0.904. The summed E-state index contributed by atoms with van der Waals surface area (Å²) < 4.78 is 5.61. The van der Waals surface area contributed by atoms with Crippen molar-refractivity contribution in [3.63, 3.8) is 0 Å². The van der Waals surface area contributed by atoms with Gasteiger partial charge >= 0.3 is 0 Å². The number of nitrogens with one attached hydrogen (secondary N) is 1. The van der Waals surface area contributed by atoms with Gasteiger partial charge in [-0.05, 0) is 50.7 Å². The topological polar surface area (TPSA) is 78.9 Å². The van der Waals surface area contributed by atoms with Gasteiger partial charge in [0.2, 0.25) is 5.91 Å². The van der Waals surface area contributed by atoms with Crippen molar-refractivity contribution in [2.45, 2.75) is 51.2 Å². The van der Waals surface area contributed by atoms with E-state index in [1.165, 1.54) is 0 Å². The number of para-hydroxylation sites is 2. The van der Waals surface area contributed by atoms with Gasteiger partial charge in [0, 0.05) is 25.6 Å². The second-order valence-corrected chi connectivity index (χ2v) is 6.94. The number of ether oxygens (including phenoxy) is 1. The molecule has 1 aliphatic carbocycles. The number of hydrogen-bond donors (Lipinski definition) is 2. The Labute approximate surface area is 148 Å². The molecule has 0 saturated heterocycles. The van der Waals surface area contributed by atoms with Gasteiger partial charge in [0.1, 0.15) is 5.75 Å². The van der Waals surface area contributed by atoms with Gasteiger partial charge in [0.05, 0.1) is 5.69 Å². The third-order valence-corrected chi connectivity index (χ3v) is 5.11. The lowest BCUT2D eigenvalue weighted by molar-refractivity contribution is -0.125. The third kappa shape index (κ3) is 4.12. The Morgan fingerprint density at radius 3 is 2.72 bits per heavy atom. The van der Waals surface area contributed by atoms with E-state index < -0.39 is 6.10 Å². The van der Waals surface area contributed by atoms with Gasteiger partial charge in [-0.15, -0.1) is 0 Å². The van der Waals surface area contributed by atoms with Crippen LogP contribution in [0, 0.1) is 5.92 Å². The molecular weight excluding hydrogens is 320 g/mol. The summed E-state index contributed by atoms with van der Waals surface area (Å²) in [7, 11) is 0. The lowest BCUT2D eigenvalue weighted by Crippen LogP contribution is -2.46. The predicted molar refractivity (Wildman–Crippen MR) is 94.5 cm³/mol. The number of carbonyl (C=O) groups is 2. The zero-order valence-electron chi connectivity index (χ0n) is 14.6. The van der Waals surface area contributed by atoms with E-state index in [1.807, 2.05) is 24.3 Å². The molecule has 1 atom stereocenters. The van der Waals surface area contributed by atoms with Crippen LogP contribution in [0.15, 0.2) is 24.3 Å². The highest BCUT2D eigenvalue weighted by Gasteiger charge is 2.31. The molecule has 0 unspecified atom stereocenters. The van der Waals surface area contributed by atoms with E-state index in [0.717, 1.165) is 31.4 Å². The average Bonchev–Trinajstić information content (AvgIpc) is 2.63. The number of rotatable bonds is 5. The molecule has 6 heteroatoms.